The zero-order valence-corrected chi connectivity index (χ0v) is 46.0. The smallest absolute Gasteiger partial charge is 0.374 e. The van der Waals surface area contributed by atoms with Gasteiger partial charge in [-0.2, -0.15) is 0 Å². The Morgan fingerprint density at radius 3 is 1.36 bits per heavy atom. The van der Waals surface area contributed by atoms with E-state index in [1.165, 1.54) is 9.80 Å². The molecule has 0 radical (unpaired) electrons. The number of benzene rings is 1. The van der Waals surface area contributed by atoms with Crippen LogP contribution in [0.15, 0.2) is 91.3 Å². The fourth-order valence-corrected chi connectivity index (χ4v) is 17.0. The molecular formula is C54H65N11O9S2Si. The molecule has 77 heavy (non-hydrogen) atoms. The van der Waals surface area contributed by atoms with Crippen LogP contribution in [-0.4, -0.2) is 149 Å². The van der Waals surface area contributed by atoms with E-state index in [4.69, 9.17) is 13.3 Å². The molecule has 23 heteroatoms. The monoisotopic (exact) mass is 1100 g/mol. The average molecular weight is 1100 g/mol. The number of allylic oxidation sites excluding steroid dienone is 8. The van der Waals surface area contributed by atoms with Gasteiger partial charge < -0.3 is 29.2 Å². The molecule has 1 aromatic carbocycles. The second kappa shape index (κ2) is 24.4. The van der Waals surface area contributed by atoms with Gasteiger partial charge in [0.1, 0.15) is 0 Å². The number of aromatic nitrogens is 6. The van der Waals surface area contributed by atoms with E-state index >= 15 is 0 Å². The van der Waals surface area contributed by atoms with Crippen molar-refractivity contribution in [3.8, 4) is 23.0 Å². The average Bonchev–Trinajstić information content (AvgIpc) is 4.11. The summed E-state index contributed by atoms with van der Waals surface area (Å²) in [5.41, 5.74) is 1.15. The normalized spacial score (nSPS) is 28.3. The fraction of sp³-hybridized carbons (Fsp3) is 0.519. The second-order valence-corrected chi connectivity index (χ2v) is 25.6. The molecule has 4 bridgehead atoms. The second-order valence-electron chi connectivity index (χ2n) is 20.1. The summed E-state index contributed by atoms with van der Waals surface area (Å²) in [7, 11) is 0.524. The van der Waals surface area contributed by atoms with E-state index < -0.39 is 8.80 Å². The van der Waals surface area contributed by atoms with Crippen LogP contribution < -0.4 is 16.0 Å². The van der Waals surface area contributed by atoms with E-state index in [1.54, 1.807) is 64.3 Å². The number of rotatable bonds is 24. The van der Waals surface area contributed by atoms with Crippen molar-refractivity contribution in [3.63, 3.8) is 0 Å². The minimum atomic E-state index is -2.70. The lowest BCUT2D eigenvalue weighted by Crippen LogP contribution is -2.50. The number of urea groups is 1. The number of nitrogens with one attached hydrogen (secondary N) is 3. The molecule has 4 heterocycles. The van der Waals surface area contributed by atoms with Crippen LogP contribution in [0.1, 0.15) is 44.0 Å². The van der Waals surface area contributed by atoms with Gasteiger partial charge >= 0.3 is 14.8 Å². The molecule has 406 valence electrons. The third-order valence-corrected chi connectivity index (χ3v) is 21.5. The van der Waals surface area contributed by atoms with Crippen molar-refractivity contribution in [3.05, 3.63) is 96.9 Å². The minimum Gasteiger partial charge on any atom is -0.374 e. The third-order valence-electron chi connectivity index (χ3n) is 16.0. The zero-order chi connectivity index (χ0) is 53.6. The van der Waals surface area contributed by atoms with Gasteiger partial charge in [0.2, 0.25) is 41.1 Å². The summed E-state index contributed by atoms with van der Waals surface area (Å²) in [6.45, 7) is 9.47. The Morgan fingerprint density at radius 1 is 0.532 bits per heavy atom. The van der Waals surface area contributed by atoms with Gasteiger partial charge in [-0.1, -0.05) is 82.3 Å². The summed E-state index contributed by atoms with van der Waals surface area (Å²) >= 11 is 0. The summed E-state index contributed by atoms with van der Waals surface area (Å²) in [6.07, 6.45) is 22.0. The van der Waals surface area contributed by atoms with Gasteiger partial charge in [-0.05, 0) is 99.2 Å². The minimum absolute atomic E-state index is 0.0104. The number of hydrogen-bond donors (Lipinski definition) is 3. The Kier molecular flexibility index (Phi) is 17.2. The highest BCUT2D eigenvalue weighted by molar-refractivity contribution is 8.76. The highest BCUT2D eigenvalue weighted by atomic mass is 33.1. The lowest BCUT2D eigenvalue weighted by molar-refractivity contribution is -0.141. The zero-order valence-electron chi connectivity index (χ0n) is 43.3. The third kappa shape index (κ3) is 11.1. The summed E-state index contributed by atoms with van der Waals surface area (Å²) in [6, 6.07) is 8.86. The Balaban J connectivity index is 0.000000175. The number of imide groups is 2. The lowest BCUT2D eigenvalue weighted by atomic mass is 9.50. The number of carbonyl (C=O) groups excluding carboxylic acids is 6. The summed E-state index contributed by atoms with van der Waals surface area (Å²) in [5, 5.41) is 24.7. The van der Waals surface area contributed by atoms with E-state index in [0.717, 1.165) is 0 Å². The van der Waals surface area contributed by atoms with Gasteiger partial charge in [0, 0.05) is 93.6 Å². The Morgan fingerprint density at radius 2 is 0.935 bits per heavy atom. The molecule has 2 saturated carbocycles. The largest absolute Gasteiger partial charge is 0.500 e. The Labute approximate surface area is 456 Å². The van der Waals surface area contributed by atoms with E-state index in [9.17, 15) is 28.8 Å². The maximum absolute atomic E-state index is 13.2. The maximum Gasteiger partial charge on any atom is 0.500 e. The summed E-state index contributed by atoms with van der Waals surface area (Å²) in [4.78, 5) is 88.3. The summed E-state index contributed by atoms with van der Waals surface area (Å²) < 4.78 is 17.5. The van der Waals surface area contributed by atoms with Crippen molar-refractivity contribution >= 4 is 66.0 Å². The predicted octanol–water partition coefficient (Wildman–Crippen LogP) is 5.05. The van der Waals surface area contributed by atoms with E-state index in [1.807, 2.05) is 20.8 Å². The number of nitrogens with zero attached hydrogens (tertiary/aromatic N) is 8. The molecule has 2 aliphatic heterocycles. The number of amides is 7. The molecule has 2 unspecified atom stereocenters. The van der Waals surface area contributed by atoms with Crippen LogP contribution in [-0.2, 0) is 32.5 Å². The molecular weight excluding hydrogens is 1040 g/mol. The van der Waals surface area contributed by atoms with Crippen LogP contribution in [0.25, 0.3) is 23.0 Å². The molecule has 0 spiro atoms. The molecule has 3 N–H and O–H groups in total. The molecule has 2 aromatic heterocycles. The maximum atomic E-state index is 13.2. The number of carbonyl (C=O) groups is 6. The van der Waals surface area contributed by atoms with Crippen molar-refractivity contribution in [2.45, 2.75) is 39.7 Å². The number of likely N-dealkylation sites (tertiary alicyclic amines) is 2. The van der Waals surface area contributed by atoms with Crippen LogP contribution in [0.5, 0.6) is 0 Å². The van der Waals surface area contributed by atoms with E-state index in [2.05, 4.69) is 94.9 Å². The first-order valence-electron chi connectivity index (χ1n) is 26.9. The molecule has 7 amide bonds. The molecule has 20 nitrogen and oxygen atoms in total. The van der Waals surface area contributed by atoms with Gasteiger partial charge in [-0.3, -0.25) is 33.8 Å². The molecule has 3 aromatic rings. The van der Waals surface area contributed by atoms with Crippen LogP contribution in [0.3, 0.4) is 0 Å². The molecule has 4 fully saturated rings. The molecule has 12 atom stereocenters. The Bertz CT molecular complexity index is 2600. The van der Waals surface area contributed by atoms with Crippen molar-refractivity contribution in [1.29, 1.82) is 0 Å². The van der Waals surface area contributed by atoms with E-state index in [-0.39, 0.29) is 88.7 Å². The molecule has 13 rings (SSSR count). The standard InChI is InChI=1S/C28H28N2O4S2.C26H37N9O5Si/c31-25-21-17-5-6-18(14-2-1-13(14)17)22(21)26(32)29(25)9-11-35-36-12-10-30-27(33)23-19-7-8-20(24(23)28(30)34)16-4-3-15(16)19;1-4-38-41(39-5-2,40-6-3)19-9-18-31-26(37)30-17-8-16-29-25(36)21-12-10-20(11-13-21)22-32-34-24(35-33-22)23-27-14-7-15-28-23/h1-8,13-24H,9-12H2;7,10-15H,4-6,8-9,16-19H2,1-3H3,(H,29,36)(H2,30,31,37)/t13-,14?,15-,16?,17-,18+,19-,20+,21-,22+,23-,24+;/m1./s1. The van der Waals surface area contributed by atoms with Gasteiger partial charge in [-0.25, -0.2) is 14.8 Å². The van der Waals surface area contributed by atoms with Gasteiger partial charge in [-0.15, -0.1) is 20.4 Å². The van der Waals surface area contributed by atoms with Crippen molar-refractivity contribution < 1.29 is 42.0 Å². The van der Waals surface area contributed by atoms with Gasteiger partial charge in [0.05, 0.1) is 23.7 Å². The van der Waals surface area contributed by atoms with Crippen molar-refractivity contribution in [1.82, 2.24) is 56.1 Å². The van der Waals surface area contributed by atoms with E-state index in [0.29, 0.717) is 129 Å². The first-order valence-corrected chi connectivity index (χ1v) is 31.3. The SMILES string of the molecule is CCO[Si](CCCNC(=O)NCCCNC(=O)c1ccc(-c2nnc(-c3ncccn3)nn2)cc1)(OCC)OCC.O=C1[C@@H]2[C@@H]3C=C[C@@H](C4C=C[C@H]43)[C@@H]2C(=O)N1CCSSCCN1C(=O)[C@@H]2[C@@H]3C=C[C@@H](C4C=C[C@H]43)[C@@H]2C1=O. The Hall–Kier alpha value is -5.98. The van der Waals surface area contributed by atoms with Gasteiger partial charge in [0.25, 0.3) is 5.91 Å². The molecule has 2 saturated heterocycles. The van der Waals surface area contributed by atoms with Crippen LogP contribution in [0.2, 0.25) is 6.04 Å². The summed E-state index contributed by atoms with van der Waals surface area (Å²) in [5.74, 6) is 3.73. The number of hydrogen-bond acceptors (Lipinski definition) is 17. The van der Waals surface area contributed by atoms with Crippen LogP contribution in [0, 0.1) is 71.0 Å². The van der Waals surface area contributed by atoms with Crippen molar-refractivity contribution in [2.24, 2.45) is 71.0 Å². The predicted molar refractivity (Wildman–Crippen MR) is 289 cm³/mol. The first-order chi connectivity index (χ1) is 37.6. The van der Waals surface area contributed by atoms with Crippen LogP contribution in [0.4, 0.5) is 4.79 Å². The highest BCUT2D eigenvalue weighted by Gasteiger charge is 2.64. The fourth-order valence-electron chi connectivity index (χ4n) is 12.5. The van der Waals surface area contributed by atoms with Gasteiger partial charge in [0.15, 0.2) is 0 Å². The highest BCUT2D eigenvalue weighted by Crippen LogP contribution is 2.60. The first kappa shape index (κ1) is 54.4. The van der Waals surface area contributed by atoms with Crippen molar-refractivity contribution in [2.75, 3.05) is 64.1 Å². The molecule has 8 aliphatic carbocycles. The quantitative estimate of drug-likeness (QED) is 0.0349. The van der Waals surface area contributed by atoms with Crippen LogP contribution >= 0.6 is 21.6 Å². The lowest BCUT2D eigenvalue weighted by Gasteiger charge is -2.51. The molecule has 10 aliphatic rings. The topological polar surface area (TPSA) is 250 Å².